The van der Waals surface area contributed by atoms with Gasteiger partial charge in [-0.2, -0.15) is 0 Å². The van der Waals surface area contributed by atoms with Crippen molar-refractivity contribution < 1.29 is 8.78 Å². The number of hydrogen-bond acceptors (Lipinski definition) is 1. The molecule has 0 aliphatic rings. The standard InChI is InChI=1S/C16H10F2S/c17-13-7-6-12(10-14(13)18)16-9-8-15(19-16)11-4-2-1-3-5-11/h1-10H. The van der Waals surface area contributed by atoms with E-state index in [1.54, 1.807) is 17.4 Å². The summed E-state index contributed by atoms with van der Waals surface area (Å²) in [5.74, 6) is -1.63. The summed E-state index contributed by atoms with van der Waals surface area (Å²) in [5.41, 5.74) is 1.83. The summed E-state index contributed by atoms with van der Waals surface area (Å²) < 4.78 is 26.1. The SMILES string of the molecule is Fc1ccc(-c2ccc(-c3ccccc3)s2)cc1F. The van der Waals surface area contributed by atoms with Crippen molar-refractivity contribution >= 4 is 11.3 Å². The molecular formula is C16H10F2S. The molecule has 0 radical (unpaired) electrons. The molecule has 0 N–H and O–H groups in total. The van der Waals surface area contributed by atoms with Crippen LogP contribution in [0.1, 0.15) is 0 Å². The van der Waals surface area contributed by atoms with Gasteiger partial charge in [0.25, 0.3) is 0 Å². The van der Waals surface area contributed by atoms with E-state index >= 15 is 0 Å². The molecule has 0 amide bonds. The molecule has 0 spiro atoms. The molecule has 3 rings (SSSR count). The molecule has 1 heterocycles. The van der Waals surface area contributed by atoms with Gasteiger partial charge in [0.2, 0.25) is 0 Å². The van der Waals surface area contributed by atoms with Crippen LogP contribution in [0.4, 0.5) is 8.78 Å². The maximum atomic E-state index is 13.2. The van der Waals surface area contributed by atoms with Gasteiger partial charge in [-0.3, -0.25) is 0 Å². The smallest absolute Gasteiger partial charge is 0.159 e. The second-order valence-corrected chi connectivity index (χ2v) is 5.24. The number of hydrogen-bond donors (Lipinski definition) is 0. The van der Waals surface area contributed by atoms with Crippen LogP contribution in [0.15, 0.2) is 60.7 Å². The van der Waals surface area contributed by atoms with E-state index in [1.807, 2.05) is 42.5 Å². The fourth-order valence-corrected chi connectivity index (χ4v) is 2.91. The van der Waals surface area contributed by atoms with Gasteiger partial charge in [-0.1, -0.05) is 36.4 Å². The van der Waals surface area contributed by atoms with Gasteiger partial charge in [-0.05, 0) is 35.4 Å². The summed E-state index contributed by atoms with van der Waals surface area (Å²) >= 11 is 1.56. The highest BCUT2D eigenvalue weighted by Gasteiger charge is 2.07. The molecule has 0 bridgehead atoms. The summed E-state index contributed by atoms with van der Waals surface area (Å²) in [4.78, 5) is 2.04. The lowest BCUT2D eigenvalue weighted by atomic mass is 10.1. The molecular weight excluding hydrogens is 262 g/mol. The Bertz CT molecular complexity index is 702. The van der Waals surface area contributed by atoms with Crippen LogP contribution < -0.4 is 0 Å². The summed E-state index contributed by atoms with van der Waals surface area (Å²) in [5, 5.41) is 0. The van der Waals surface area contributed by atoms with Crippen molar-refractivity contribution in [1.82, 2.24) is 0 Å². The number of rotatable bonds is 2. The zero-order chi connectivity index (χ0) is 13.2. The van der Waals surface area contributed by atoms with Crippen molar-refractivity contribution in [1.29, 1.82) is 0 Å². The van der Waals surface area contributed by atoms with Gasteiger partial charge < -0.3 is 0 Å². The van der Waals surface area contributed by atoms with Crippen LogP contribution >= 0.6 is 11.3 Å². The first-order valence-electron chi connectivity index (χ1n) is 5.85. The molecule has 0 unspecified atom stereocenters. The lowest BCUT2D eigenvalue weighted by Gasteiger charge is -1.99. The molecule has 0 atom stereocenters. The third-order valence-corrected chi connectivity index (χ3v) is 4.05. The molecule has 3 heteroatoms. The van der Waals surface area contributed by atoms with Gasteiger partial charge in [0.05, 0.1) is 0 Å². The Labute approximate surface area is 114 Å². The molecule has 0 aliphatic heterocycles. The van der Waals surface area contributed by atoms with Crippen molar-refractivity contribution in [2.45, 2.75) is 0 Å². The van der Waals surface area contributed by atoms with E-state index in [1.165, 1.54) is 6.07 Å². The second kappa shape index (κ2) is 4.94. The largest absolute Gasteiger partial charge is 0.204 e. The Kier molecular flexibility index (Phi) is 3.13. The van der Waals surface area contributed by atoms with E-state index in [0.717, 1.165) is 21.4 Å². The maximum Gasteiger partial charge on any atom is 0.159 e. The summed E-state index contributed by atoms with van der Waals surface area (Å²) in [6.45, 7) is 0. The normalized spacial score (nSPS) is 10.6. The van der Waals surface area contributed by atoms with Crippen LogP contribution in [-0.4, -0.2) is 0 Å². The van der Waals surface area contributed by atoms with Crippen molar-refractivity contribution in [2.75, 3.05) is 0 Å². The first kappa shape index (κ1) is 12.1. The number of halogens is 2. The highest BCUT2D eigenvalue weighted by atomic mass is 32.1. The van der Waals surface area contributed by atoms with Gasteiger partial charge in [0, 0.05) is 9.75 Å². The zero-order valence-corrected chi connectivity index (χ0v) is 10.8. The summed E-state index contributed by atoms with van der Waals surface area (Å²) in [7, 11) is 0. The van der Waals surface area contributed by atoms with E-state index < -0.39 is 11.6 Å². The van der Waals surface area contributed by atoms with Crippen molar-refractivity contribution in [3.63, 3.8) is 0 Å². The van der Waals surface area contributed by atoms with Crippen molar-refractivity contribution in [3.8, 4) is 20.9 Å². The highest BCUT2D eigenvalue weighted by molar-refractivity contribution is 7.18. The number of thiophene rings is 1. The van der Waals surface area contributed by atoms with Crippen LogP contribution in [0.5, 0.6) is 0 Å². The third kappa shape index (κ3) is 2.42. The second-order valence-electron chi connectivity index (χ2n) is 4.16. The minimum absolute atomic E-state index is 0.700. The maximum absolute atomic E-state index is 13.2. The fraction of sp³-hybridized carbons (Fsp3) is 0. The van der Waals surface area contributed by atoms with Gasteiger partial charge in [0.15, 0.2) is 11.6 Å². The lowest BCUT2D eigenvalue weighted by Crippen LogP contribution is -1.83. The van der Waals surface area contributed by atoms with Gasteiger partial charge in [0.1, 0.15) is 0 Å². The fourth-order valence-electron chi connectivity index (χ4n) is 1.90. The molecule has 0 saturated heterocycles. The Morgan fingerprint density at radius 1 is 0.632 bits per heavy atom. The van der Waals surface area contributed by atoms with Crippen LogP contribution in [0, 0.1) is 11.6 Å². The molecule has 0 fully saturated rings. The zero-order valence-electron chi connectivity index (χ0n) is 9.94. The molecule has 0 aliphatic carbocycles. The van der Waals surface area contributed by atoms with E-state index in [0.29, 0.717) is 5.56 Å². The predicted molar refractivity (Wildman–Crippen MR) is 75.1 cm³/mol. The summed E-state index contributed by atoms with van der Waals surface area (Å²) in [6, 6.07) is 17.9. The van der Waals surface area contributed by atoms with Gasteiger partial charge in [-0.25, -0.2) is 8.78 Å². The van der Waals surface area contributed by atoms with Crippen LogP contribution in [0.25, 0.3) is 20.9 Å². The summed E-state index contributed by atoms with van der Waals surface area (Å²) in [6.07, 6.45) is 0. The molecule has 1 aromatic heterocycles. The third-order valence-electron chi connectivity index (χ3n) is 2.87. The quantitative estimate of drug-likeness (QED) is 0.589. The van der Waals surface area contributed by atoms with Crippen molar-refractivity contribution in [2.24, 2.45) is 0 Å². The molecule has 94 valence electrons. The van der Waals surface area contributed by atoms with E-state index in [9.17, 15) is 8.78 Å². The lowest BCUT2D eigenvalue weighted by molar-refractivity contribution is 0.509. The van der Waals surface area contributed by atoms with Gasteiger partial charge >= 0.3 is 0 Å². The molecule has 2 aromatic carbocycles. The monoisotopic (exact) mass is 272 g/mol. The van der Waals surface area contributed by atoms with E-state index in [2.05, 4.69) is 0 Å². The average Bonchev–Trinajstić information content (AvgIpc) is 2.93. The molecule has 3 aromatic rings. The Morgan fingerprint density at radius 2 is 1.32 bits per heavy atom. The van der Waals surface area contributed by atoms with Crippen molar-refractivity contribution in [3.05, 3.63) is 72.3 Å². The first-order valence-corrected chi connectivity index (χ1v) is 6.66. The highest BCUT2D eigenvalue weighted by Crippen LogP contribution is 2.34. The van der Waals surface area contributed by atoms with Gasteiger partial charge in [-0.15, -0.1) is 11.3 Å². The minimum Gasteiger partial charge on any atom is -0.204 e. The Balaban J connectivity index is 1.99. The van der Waals surface area contributed by atoms with Crippen LogP contribution in [0.2, 0.25) is 0 Å². The van der Waals surface area contributed by atoms with E-state index in [-0.39, 0.29) is 0 Å². The molecule has 0 saturated carbocycles. The van der Waals surface area contributed by atoms with Crippen LogP contribution in [0.3, 0.4) is 0 Å². The predicted octanol–water partition coefficient (Wildman–Crippen LogP) is 5.36. The van der Waals surface area contributed by atoms with Crippen LogP contribution in [-0.2, 0) is 0 Å². The Hall–Kier alpha value is -2.00. The van der Waals surface area contributed by atoms with E-state index in [4.69, 9.17) is 0 Å². The number of benzene rings is 2. The molecule has 0 nitrogen and oxygen atoms in total. The first-order chi connectivity index (χ1) is 9.24. The minimum atomic E-state index is -0.816. The topological polar surface area (TPSA) is 0 Å². The average molecular weight is 272 g/mol. The Morgan fingerprint density at radius 3 is 2.00 bits per heavy atom. The molecule has 19 heavy (non-hydrogen) atoms.